The van der Waals surface area contributed by atoms with Crippen LogP contribution in [0.3, 0.4) is 0 Å². The lowest BCUT2D eigenvalue weighted by atomic mass is 9.76. The van der Waals surface area contributed by atoms with Gasteiger partial charge in [0.25, 0.3) is 0 Å². The van der Waals surface area contributed by atoms with E-state index in [1.165, 1.54) is 6.07 Å². The van der Waals surface area contributed by atoms with Gasteiger partial charge in [0.15, 0.2) is 17.3 Å². The predicted molar refractivity (Wildman–Crippen MR) is 134 cm³/mol. The minimum atomic E-state index is -0.170. The van der Waals surface area contributed by atoms with Crippen LogP contribution in [0, 0.1) is 17.7 Å². The number of hydrogen-bond donors (Lipinski definition) is 0. The van der Waals surface area contributed by atoms with Crippen molar-refractivity contribution in [2.24, 2.45) is 11.8 Å². The molecule has 1 heterocycles. The van der Waals surface area contributed by atoms with Gasteiger partial charge < -0.3 is 18.9 Å². The molecule has 0 aliphatic heterocycles. The molecule has 0 amide bonds. The van der Waals surface area contributed by atoms with E-state index in [-0.39, 0.29) is 11.9 Å². The summed E-state index contributed by atoms with van der Waals surface area (Å²) in [4.78, 5) is 6.74. The highest BCUT2D eigenvalue weighted by atomic mass is 19.1. The predicted octanol–water partition coefficient (Wildman–Crippen LogP) is 5.94. The Kier molecular flexibility index (Phi) is 8.18. The van der Waals surface area contributed by atoms with Crippen molar-refractivity contribution in [3.05, 3.63) is 77.2 Å². The smallest absolute Gasteiger partial charge is 0.250 e. The van der Waals surface area contributed by atoms with Crippen LogP contribution >= 0.6 is 0 Å². The van der Waals surface area contributed by atoms with Crippen LogP contribution in [0.4, 0.5) is 4.39 Å². The lowest BCUT2D eigenvalue weighted by molar-refractivity contribution is 0.159. The molecule has 186 valence electrons. The van der Waals surface area contributed by atoms with E-state index in [1.54, 1.807) is 26.4 Å². The van der Waals surface area contributed by atoms with Crippen LogP contribution in [-0.2, 0) is 6.42 Å². The Morgan fingerprint density at radius 1 is 1.06 bits per heavy atom. The second-order valence-electron chi connectivity index (χ2n) is 9.41. The highest BCUT2D eigenvalue weighted by Gasteiger charge is 2.29. The van der Waals surface area contributed by atoms with Crippen molar-refractivity contribution in [1.29, 1.82) is 0 Å². The topological polar surface area (TPSA) is 60.6 Å². The largest absolute Gasteiger partial charge is 0.493 e. The molecule has 0 spiro atoms. The molecule has 1 fully saturated rings. The molecule has 1 aromatic heterocycles. The van der Waals surface area contributed by atoms with Gasteiger partial charge in [-0.15, -0.1) is 0 Å². The van der Waals surface area contributed by atoms with Gasteiger partial charge in [0, 0.05) is 12.5 Å². The summed E-state index contributed by atoms with van der Waals surface area (Å²) in [6, 6.07) is 13.0. The van der Waals surface area contributed by atoms with E-state index in [9.17, 15) is 4.39 Å². The summed E-state index contributed by atoms with van der Waals surface area (Å²) in [6.45, 7) is 0. The van der Waals surface area contributed by atoms with E-state index in [1.807, 2.05) is 30.3 Å². The summed E-state index contributed by atoms with van der Waals surface area (Å²) >= 11 is 0. The summed E-state index contributed by atoms with van der Waals surface area (Å²) < 4.78 is 29.9. The Hall–Kier alpha value is -3.19. The highest BCUT2D eigenvalue weighted by molar-refractivity contribution is 5.44. The molecule has 1 aliphatic carbocycles. The van der Waals surface area contributed by atoms with Crippen molar-refractivity contribution in [2.45, 2.75) is 38.1 Å². The Balaban J connectivity index is 1.33. The molecule has 1 aliphatic rings. The first-order chi connectivity index (χ1) is 17.0. The zero-order valence-corrected chi connectivity index (χ0v) is 20.9. The number of nitrogens with zero attached hydrogens (tertiary/aromatic N) is 3. The van der Waals surface area contributed by atoms with Crippen LogP contribution in [0.1, 0.15) is 54.6 Å². The molecule has 4 rings (SSSR count). The van der Waals surface area contributed by atoms with Crippen LogP contribution in [0.15, 0.2) is 53.1 Å². The van der Waals surface area contributed by atoms with Crippen LogP contribution < -0.4 is 9.47 Å². The average Bonchev–Trinajstić information content (AvgIpc) is 3.30. The lowest BCUT2D eigenvalue weighted by Gasteiger charge is -2.37. The Bertz CT molecular complexity index is 1140. The van der Waals surface area contributed by atoms with Gasteiger partial charge in [0.2, 0.25) is 5.89 Å². The molecule has 1 atom stereocenters. The fraction of sp³-hybridized carbons (Fsp3) is 0.429. The second-order valence-corrected chi connectivity index (χ2v) is 9.41. The van der Waals surface area contributed by atoms with Gasteiger partial charge in [-0.05, 0) is 93.1 Å². The third-order valence-electron chi connectivity index (χ3n) is 6.81. The Morgan fingerprint density at radius 2 is 1.83 bits per heavy atom. The average molecular weight is 480 g/mol. The van der Waals surface area contributed by atoms with Crippen LogP contribution in [0.2, 0.25) is 0 Å². The van der Waals surface area contributed by atoms with Crippen molar-refractivity contribution in [3.63, 3.8) is 0 Å². The van der Waals surface area contributed by atoms with Crippen molar-refractivity contribution in [2.75, 3.05) is 28.3 Å². The first-order valence-electron chi connectivity index (χ1n) is 12.1. The standard InChI is InChI=1S/C28H34FN3O3/c1-32(2)28(22-6-5-7-23(29)18-22)21-12-8-19(9-13-21)11-15-27-30-26(31-35-27)17-20-10-14-24(33-3)25(16-20)34-4/h5-7,10-11,14-16,18-19,21,28H,8-9,12-13,17H2,1-4H3. The molecule has 1 unspecified atom stereocenters. The van der Waals surface area contributed by atoms with E-state index in [2.05, 4.69) is 35.2 Å². The number of ether oxygens (including phenoxy) is 2. The maximum Gasteiger partial charge on any atom is 0.250 e. The molecule has 2 aromatic carbocycles. The normalized spacial score (nSPS) is 19.3. The van der Waals surface area contributed by atoms with E-state index >= 15 is 0 Å². The van der Waals surface area contributed by atoms with Gasteiger partial charge in [0.1, 0.15) is 5.82 Å². The van der Waals surface area contributed by atoms with E-state index in [4.69, 9.17) is 14.0 Å². The van der Waals surface area contributed by atoms with Crippen LogP contribution in [0.25, 0.3) is 6.08 Å². The SMILES string of the molecule is COc1ccc(Cc2noc(C=CC3CCC(C(c4cccc(F)c4)N(C)C)CC3)n2)cc1OC. The Labute approximate surface area is 206 Å². The van der Waals surface area contributed by atoms with E-state index < -0.39 is 0 Å². The number of methoxy groups -OCH3 is 2. The molecular formula is C28H34FN3O3. The number of allylic oxidation sites excluding steroid dienone is 1. The van der Waals surface area contributed by atoms with Gasteiger partial charge in [0.05, 0.1) is 14.2 Å². The molecule has 6 nitrogen and oxygen atoms in total. The minimum Gasteiger partial charge on any atom is -0.493 e. The van der Waals surface area contributed by atoms with Gasteiger partial charge in [-0.25, -0.2) is 4.39 Å². The van der Waals surface area contributed by atoms with Gasteiger partial charge >= 0.3 is 0 Å². The molecule has 35 heavy (non-hydrogen) atoms. The zero-order chi connectivity index (χ0) is 24.8. The molecule has 3 aromatic rings. The molecule has 0 saturated heterocycles. The second kappa shape index (κ2) is 11.5. The number of hydrogen-bond acceptors (Lipinski definition) is 6. The molecule has 1 saturated carbocycles. The van der Waals surface area contributed by atoms with Crippen LogP contribution in [0.5, 0.6) is 11.5 Å². The van der Waals surface area contributed by atoms with Gasteiger partial charge in [-0.1, -0.05) is 29.4 Å². The lowest BCUT2D eigenvalue weighted by Crippen LogP contribution is -2.30. The van der Waals surface area contributed by atoms with Crippen molar-refractivity contribution in [3.8, 4) is 11.5 Å². The summed E-state index contributed by atoms with van der Waals surface area (Å²) in [7, 11) is 7.40. The fourth-order valence-electron chi connectivity index (χ4n) is 5.13. The first-order valence-corrected chi connectivity index (χ1v) is 12.1. The fourth-order valence-corrected chi connectivity index (χ4v) is 5.13. The maximum absolute atomic E-state index is 13.8. The summed E-state index contributed by atoms with van der Waals surface area (Å²) in [5, 5.41) is 4.12. The summed E-state index contributed by atoms with van der Waals surface area (Å²) in [5.41, 5.74) is 2.08. The third-order valence-corrected chi connectivity index (χ3v) is 6.81. The first kappa shape index (κ1) is 24.9. The number of aromatic nitrogens is 2. The number of halogens is 1. The molecular weight excluding hydrogens is 445 g/mol. The molecule has 0 N–H and O–H groups in total. The summed E-state index contributed by atoms with van der Waals surface area (Å²) in [6.07, 6.45) is 9.06. The van der Waals surface area contributed by atoms with Gasteiger partial charge in [-0.3, -0.25) is 0 Å². The zero-order valence-electron chi connectivity index (χ0n) is 20.9. The number of benzene rings is 2. The molecule has 7 heteroatoms. The highest BCUT2D eigenvalue weighted by Crippen LogP contribution is 2.40. The van der Waals surface area contributed by atoms with Crippen molar-refractivity contribution >= 4 is 6.08 Å². The quantitative estimate of drug-likeness (QED) is 0.379. The Morgan fingerprint density at radius 3 is 2.51 bits per heavy atom. The van der Waals surface area contributed by atoms with E-state index in [0.717, 1.165) is 36.8 Å². The molecule has 0 bridgehead atoms. The van der Waals surface area contributed by atoms with Crippen LogP contribution in [-0.4, -0.2) is 43.4 Å². The van der Waals surface area contributed by atoms with Gasteiger partial charge in [-0.2, -0.15) is 4.98 Å². The van der Waals surface area contributed by atoms with Crippen molar-refractivity contribution in [1.82, 2.24) is 15.0 Å². The maximum atomic E-state index is 13.8. The number of rotatable bonds is 9. The third kappa shape index (κ3) is 6.28. The molecule has 0 radical (unpaired) electrons. The monoisotopic (exact) mass is 479 g/mol. The summed E-state index contributed by atoms with van der Waals surface area (Å²) in [5.74, 6) is 3.33. The van der Waals surface area contributed by atoms with Crippen molar-refractivity contribution < 1.29 is 18.4 Å². The minimum absolute atomic E-state index is 0.170. The van der Waals surface area contributed by atoms with E-state index in [0.29, 0.717) is 41.5 Å².